The normalized spacial score (nSPS) is 12.8. The Hall–Kier alpha value is -0.873. The maximum Gasteiger partial charge on any atom is 0.192 e. The molecule has 0 amide bonds. The van der Waals surface area contributed by atoms with Crippen LogP contribution >= 0.6 is 0 Å². The van der Waals surface area contributed by atoms with E-state index in [0.717, 1.165) is 0 Å². The highest BCUT2D eigenvalue weighted by Gasteiger charge is 2.37. The molecule has 0 saturated heterocycles. The van der Waals surface area contributed by atoms with Gasteiger partial charge in [-0.2, -0.15) is 0 Å². The smallest absolute Gasteiger partial charge is 0.192 e. The summed E-state index contributed by atoms with van der Waals surface area (Å²) >= 11 is 0. The fraction of sp³-hybridized carbons (Fsp3) is 0.538. The second-order valence-corrected chi connectivity index (χ2v) is 10.7. The van der Waals surface area contributed by atoms with Gasteiger partial charge in [-0.05, 0) is 30.3 Å². The zero-order valence-corrected chi connectivity index (χ0v) is 12.3. The van der Waals surface area contributed by atoms with Gasteiger partial charge in [-0.1, -0.05) is 26.8 Å². The predicted octanol–water partition coefficient (Wildman–Crippen LogP) is 3.93. The Balaban J connectivity index is 2.74. The Morgan fingerprint density at radius 1 is 1.29 bits per heavy atom. The third-order valence-electron chi connectivity index (χ3n) is 3.47. The Kier molecular flexibility index (Phi) is 3.99. The van der Waals surface area contributed by atoms with Crippen LogP contribution < -0.4 is 5.73 Å². The minimum atomic E-state index is -1.82. The van der Waals surface area contributed by atoms with Gasteiger partial charge in [0.15, 0.2) is 8.32 Å². The van der Waals surface area contributed by atoms with Crippen molar-refractivity contribution in [1.82, 2.24) is 0 Å². The molecule has 2 N–H and O–H groups in total. The molecule has 0 fully saturated rings. The molecule has 0 spiro atoms. The first-order valence-corrected chi connectivity index (χ1v) is 8.72. The molecule has 0 atom stereocenters. The van der Waals surface area contributed by atoms with Crippen molar-refractivity contribution in [3.05, 3.63) is 29.6 Å². The lowest BCUT2D eigenvalue weighted by molar-refractivity contribution is 0.271. The van der Waals surface area contributed by atoms with Gasteiger partial charge in [0.2, 0.25) is 0 Å². The molecular formula is C13H22FNOSi. The lowest BCUT2D eigenvalue weighted by Gasteiger charge is -2.36. The van der Waals surface area contributed by atoms with Crippen LogP contribution in [0.5, 0.6) is 0 Å². The van der Waals surface area contributed by atoms with Gasteiger partial charge in [-0.15, -0.1) is 0 Å². The maximum atomic E-state index is 13.6. The summed E-state index contributed by atoms with van der Waals surface area (Å²) in [6.45, 7) is 11.1. The Bertz CT molecular complexity index is 399. The van der Waals surface area contributed by atoms with E-state index in [1.165, 1.54) is 6.07 Å². The summed E-state index contributed by atoms with van der Waals surface area (Å²) < 4.78 is 19.5. The van der Waals surface area contributed by atoms with Crippen molar-refractivity contribution in [3.8, 4) is 0 Å². The topological polar surface area (TPSA) is 35.2 Å². The molecule has 0 aromatic heterocycles. The molecular weight excluding hydrogens is 233 g/mol. The van der Waals surface area contributed by atoms with Crippen molar-refractivity contribution >= 4 is 14.0 Å². The molecule has 0 aliphatic rings. The van der Waals surface area contributed by atoms with Crippen LogP contribution in [0.25, 0.3) is 0 Å². The summed E-state index contributed by atoms with van der Waals surface area (Å²) in [7, 11) is -1.82. The standard InChI is InChI=1S/C13H22FNOSi/c1-13(2,3)17(4,5)16-9-10-6-7-11(15)8-12(10)14/h6-8H,9,15H2,1-5H3. The second-order valence-electron chi connectivity index (χ2n) is 5.90. The fourth-order valence-electron chi connectivity index (χ4n) is 1.16. The molecule has 1 aromatic rings. The third-order valence-corrected chi connectivity index (χ3v) is 7.95. The molecule has 0 aliphatic carbocycles. The zero-order chi connectivity index (χ0) is 13.3. The largest absolute Gasteiger partial charge is 0.412 e. The van der Waals surface area contributed by atoms with Crippen LogP contribution in [0, 0.1) is 5.82 Å². The number of rotatable bonds is 3. The van der Waals surface area contributed by atoms with Gasteiger partial charge in [0.25, 0.3) is 0 Å². The highest BCUT2D eigenvalue weighted by Crippen LogP contribution is 2.37. The van der Waals surface area contributed by atoms with Crippen LogP contribution in [0.3, 0.4) is 0 Å². The van der Waals surface area contributed by atoms with E-state index in [-0.39, 0.29) is 10.9 Å². The molecule has 0 unspecified atom stereocenters. The van der Waals surface area contributed by atoms with Gasteiger partial charge in [0, 0.05) is 11.3 Å². The van der Waals surface area contributed by atoms with Crippen molar-refractivity contribution < 1.29 is 8.82 Å². The maximum absolute atomic E-state index is 13.6. The van der Waals surface area contributed by atoms with Gasteiger partial charge in [0.1, 0.15) is 5.82 Å². The molecule has 1 aromatic carbocycles. The fourth-order valence-corrected chi connectivity index (χ4v) is 2.10. The average molecular weight is 255 g/mol. The minimum absolute atomic E-state index is 0.136. The molecule has 0 bridgehead atoms. The molecule has 1 rings (SSSR count). The first-order valence-electron chi connectivity index (χ1n) is 5.81. The average Bonchev–Trinajstić information content (AvgIpc) is 2.14. The number of anilines is 1. The van der Waals surface area contributed by atoms with Crippen molar-refractivity contribution in [2.75, 3.05) is 5.73 Å². The molecule has 0 aliphatic heterocycles. The molecule has 4 heteroatoms. The molecule has 0 saturated carbocycles. The Morgan fingerprint density at radius 2 is 1.88 bits per heavy atom. The van der Waals surface area contributed by atoms with E-state index in [1.807, 2.05) is 0 Å². The van der Waals surface area contributed by atoms with Crippen molar-refractivity contribution in [1.29, 1.82) is 0 Å². The summed E-state index contributed by atoms with van der Waals surface area (Å²) in [6.07, 6.45) is 0. The van der Waals surface area contributed by atoms with Crippen LogP contribution in [-0.4, -0.2) is 8.32 Å². The lowest BCUT2D eigenvalue weighted by atomic mass is 10.2. The molecule has 17 heavy (non-hydrogen) atoms. The molecule has 0 heterocycles. The molecule has 96 valence electrons. The van der Waals surface area contributed by atoms with Crippen molar-refractivity contribution in [3.63, 3.8) is 0 Å². The highest BCUT2D eigenvalue weighted by atomic mass is 28.4. The van der Waals surface area contributed by atoms with E-state index in [4.69, 9.17) is 10.2 Å². The van der Waals surface area contributed by atoms with E-state index < -0.39 is 8.32 Å². The number of hydrogen-bond acceptors (Lipinski definition) is 2. The summed E-state index contributed by atoms with van der Waals surface area (Å²) in [6, 6.07) is 4.73. The van der Waals surface area contributed by atoms with E-state index in [9.17, 15) is 4.39 Å². The lowest BCUT2D eigenvalue weighted by Crippen LogP contribution is -2.40. The summed E-state index contributed by atoms with van der Waals surface area (Å²) in [5.74, 6) is -0.288. The molecule has 2 nitrogen and oxygen atoms in total. The van der Waals surface area contributed by atoms with E-state index in [1.54, 1.807) is 12.1 Å². The first-order chi connectivity index (χ1) is 7.63. The highest BCUT2D eigenvalue weighted by molar-refractivity contribution is 6.74. The summed E-state index contributed by atoms with van der Waals surface area (Å²) in [4.78, 5) is 0. The second kappa shape index (κ2) is 4.78. The predicted molar refractivity (Wildman–Crippen MR) is 72.8 cm³/mol. The quantitative estimate of drug-likeness (QED) is 0.656. The number of benzene rings is 1. The van der Waals surface area contributed by atoms with Gasteiger partial charge in [-0.3, -0.25) is 0 Å². The van der Waals surface area contributed by atoms with E-state index in [2.05, 4.69) is 33.9 Å². The van der Waals surface area contributed by atoms with Gasteiger partial charge in [-0.25, -0.2) is 4.39 Å². The summed E-state index contributed by atoms with van der Waals surface area (Å²) in [5, 5.41) is 0.136. The Labute approximate surface area is 104 Å². The molecule has 0 radical (unpaired) electrons. The number of halogens is 1. The SMILES string of the molecule is CC(C)(C)[Si](C)(C)OCc1ccc(N)cc1F. The van der Waals surface area contributed by atoms with Crippen LogP contribution in [-0.2, 0) is 11.0 Å². The number of hydrogen-bond donors (Lipinski definition) is 1. The number of nitrogen functional groups attached to an aromatic ring is 1. The van der Waals surface area contributed by atoms with E-state index in [0.29, 0.717) is 17.9 Å². The van der Waals surface area contributed by atoms with Crippen molar-refractivity contribution in [2.45, 2.75) is 45.5 Å². The Morgan fingerprint density at radius 3 is 2.35 bits per heavy atom. The first kappa shape index (κ1) is 14.2. The van der Waals surface area contributed by atoms with E-state index >= 15 is 0 Å². The summed E-state index contributed by atoms with van der Waals surface area (Å²) in [5.41, 5.74) is 6.52. The van der Waals surface area contributed by atoms with Crippen LogP contribution in [0.4, 0.5) is 10.1 Å². The monoisotopic (exact) mass is 255 g/mol. The number of nitrogens with two attached hydrogens (primary N) is 1. The third kappa shape index (κ3) is 3.54. The van der Waals surface area contributed by atoms with Crippen LogP contribution in [0.2, 0.25) is 18.1 Å². The van der Waals surface area contributed by atoms with Crippen molar-refractivity contribution in [2.24, 2.45) is 0 Å². The van der Waals surface area contributed by atoms with Gasteiger partial charge >= 0.3 is 0 Å². The minimum Gasteiger partial charge on any atom is -0.412 e. The van der Waals surface area contributed by atoms with Gasteiger partial charge < -0.3 is 10.2 Å². The zero-order valence-electron chi connectivity index (χ0n) is 11.3. The van der Waals surface area contributed by atoms with Crippen LogP contribution in [0.1, 0.15) is 26.3 Å². The van der Waals surface area contributed by atoms with Gasteiger partial charge in [0.05, 0.1) is 6.61 Å². The van der Waals surface area contributed by atoms with Crippen LogP contribution in [0.15, 0.2) is 18.2 Å².